The number of aromatic nitrogens is 4. The van der Waals surface area contributed by atoms with Crippen molar-refractivity contribution in [2.45, 2.75) is 31.5 Å². The van der Waals surface area contributed by atoms with Gasteiger partial charge in [-0.05, 0) is 41.5 Å². The summed E-state index contributed by atoms with van der Waals surface area (Å²) in [6.45, 7) is 3.40. The van der Waals surface area contributed by atoms with Gasteiger partial charge in [-0.15, -0.1) is 5.10 Å². The third-order valence-electron chi connectivity index (χ3n) is 4.16. The molecule has 1 amide bonds. The van der Waals surface area contributed by atoms with Crippen molar-refractivity contribution < 1.29 is 4.79 Å². The third kappa shape index (κ3) is 5.40. The number of carbonyl (C=O) groups is 1. The highest BCUT2D eigenvalue weighted by molar-refractivity contribution is 7.99. The van der Waals surface area contributed by atoms with Gasteiger partial charge in [0.15, 0.2) is 0 Å². The predicted molar refractivity (Wildman–Crippen MR) is 107 cm³/mol. The first-order chi connectivity index (χ1) is 13.3. The summed E-state index contributed by atoms with van der Waals surface area (Å²) in [5.74, 6) is 0.978. The molecule has 6 nitrogen and oxygen atoms in total. The quantitative estimate of drug-likeness (QED) is 0.419. The van der Waals surface area contributed by atoms with Crippen LogP contribution in [-0.2, 0) is 11.3 Å². The Morgan fingerprint density at radius 1 is 1.07 bits per heavy atom. The zero-order valence-electron chi connectivity index (χ0n) is 15.4. The van der Waals surface area contributed by atoms with E-state index in [1.807, 2.05) is 60.4 Å². The molecule has 0 aliphatic rings. The van der Waals surface area contributed by atoms with Gasteiger partial charge in [0.25, 0.3) is 0 Å². The number of amides is 1. The van der Waals surface area contributed by atoms with Crippen molar-refractivity contribution in [3.8, 4) is 5.69 Å². The average Bonchev–Trinajstić information content (AvgIpc) is 3.19. The lowest BCUT2D eigenvalue weighted by Gasteiger charge is -2.21. The molecule has 27 heavy (non-hydrogen) atoms. The first-order valence-corrected chi connectivity index (χ1v) is 10.0. The summed E-state index contributed by atoms with van der Waals surface area (Å²) in [7, 11) is 0. The minimum atomic E-state index is 0.185. The minimum Gasteiger partial charge on any atom is -0.339 e. The van der Waals surface area contributed by atoms with Crippen molar-refractivity contribution in [3.05, 3.63) is 66.2 Å². The van der Waals surface area contributed by atoms with E-state index in [4.69, 9.17) is 0 Å². The molecule has 1 heterocycles. The van der Waals surface area contributed by atoms with Gasteiger partial charge in [-0.2, -0.15) is 4.68 Å². The van der Waals surface area contributed by atoms with Gasteiger partial charge in [0.05, 0.1) is 5.69 Å². The summed E-state index contributed by atoms with van der Waals surface area (Å²) >= 11 is 1.57. The Morgan fingerprint density at radius 2 is 1.78 bits per heavy atom. The number of tetrazole rings is 1. The second kappa shape index (κ2) is 9.87. The highest BCUT2D eigenvalue weighted by Gasteiger charge is 2.13. The van der Waals surface area contributed by atoms with E-state index in [0.29, 0.717) is 19.5 Å². The molecule has 2 aromatic carbocycles. The molecule has 0 aliphatic carbocycles. The van der Waals surface area contributed by atoms with Gasteiger partial charge < -0.3 is 4.90 Å². The Balaban J connectivity index is 1.47. The largest absolute Gasteiger partial charge is 0.339 e. The number of para-hydroxylation sites is 1. The molecule has 0 fully saturated rings. The Bertz CT molecular complexity index is 838. The smallest absolute Gasteiger partial charge is 0.222 e. The molecule has 140 valence electrons. The van der Waals surface area contributed by atoms with Gasteiger partial charge in [-0.25, -0.2) is 0 Å². The van der Waals surface area contributed by atoms with Crippen LogP contribution >= 0.6 is 11.8 Å². The van der Waals surface area contributed by atoms with Crippen LogP contribution in [0.4, 0.5) is 0 Å². The summed E-state index contributed by atoms with van der Waals surface area (Å²) in [5, 5.41) is 12.6. The number of thioether (sulfide) groups is 1. The fourth-order valence-corrected chi connectivity index (χ4v) is 3.55. The molecule has 0 spiro atoms. The lowest BCUT2D eigenvalue weighted by molar-refractivity contribution is -0.131. The van der Waals surface area contributed by atoms with Crippen molar-refractivity contribution in [1.82, 2.24) is 25.1 Å². The first-order valence-electron chi connectivity index (χ1n) is 9.06. The Hall–Kier alpha value is -2.67. The first kappa shape index (κ1) is 19.1. The molecule has 0 bridgehead atoms. The third-order valence-corrected chi connectivity index (χ3v) is 5.16. The van der Waals surface area contributed by atoms with Crippen LogP contribution in [0.2, 0.25) is 0 Å². The van der Waals surface area contributed by atoms with Gasteiger partial charge in [-0.1, -0.05) is 60.3 Å². The topological polar surface area (TPSA) is 63.9 Å². The molecule has 1 aromatic heterocycles. The van der Waals surface area contributed by atoms with E-state index < -0.39 is 0 Å². The normalized spacial score (nSPS) is 10.7. The van der Waals surface area contributed by atoms with Crippen LogP contribution in [-0.4, -0.2) is 43.3 Å². The molecular weight excluding hydrogens is 358 g/mol. The minimum absolute atomic E-state index is 0.185. The van der Waals surface area contributed by atoms with Gasteiger partial charge in [0.2, 0.25) is 11.1 Å². The fraction of sp³-hybridized carbons (Fsp3) is 0.300. The Kier molecular flexibility index (Phi) is 6.98. The molecule has 3 rings (SSSR count). The van der Waals surface area contributed by atoms with E-state index in [-0.39, 0.29) is 5.91 Å². The molecule has 0 saturated carbocycles. The molecule has 0 atom stereocenters. The van der Waals surface area contributed by atoms with E-state index in [0.717, 1.165) is 28.6 Å². The lowest BCUT2D eigenvalue weighted by atomic mass is 10.2. The van der Waals surface area contributed by atoms with Gasteiger partial charge in [-0.3, -0.25) is 4.79 Å². The van der Waals surface area contributed by atoms with Crippen molar-refractivity contribution in [2.75, 3.05) is 12.3 Å². The number of carbonyl (C=O) groups excluding carboxylic acids is 1. The van der Waals surface area contributed by atoms with Gasteiger partial charge in [0.1, 0.15) is 0 Å². The lowest BCUT2D eigenvalue weighted by Crippen LogP contribution is -2.30. The average molecular weight is 382 g/mol. The number of nitrogens with zero attached hydrogens (tertiary/aromatic N) is 5. The molecule has 7 heteroatoms. The highest BCUT2D eigenvalue weighted by atomic mass is 32.2. The van der Waals surface area contributed by atoms with E-state index in [1.165, 1.54) is 0 Å². The van der Waals surface area contributed by atoms with Crippen LogP contribution in [0.25, 0.3) is 5.69 Å². The Morgan fingerprint density at radius 3 is 2.48 bits per heavy atom. The number of hydrogen-bond donors (Lipinski definition) is 0. The number of benzene rings is 2. The SMILES string of the molecule is CCN(Cc1ccccc1)C(=O)CCCSc1nnnn1-c1ccccc1. The monoisotopic (exact) mass is 381 g/mol. The Labute approximate surface area is 163 Å². The molecule has 0 saturated heterocycles. The second-order valence-electron chi connectivity index (χ2n) is 6.05. The van der Waals surface area contributed by atoms with Crippen LogP contribution in [0.3, 0.4) is 0 Å². The molecule has 0 unspecified atom stereocenters. The van der Waals surface area contributed by atoms with E-state index >= 15 is 0 Å². The van der Waals surface area contributed by atoms with Crippen LogP contribution in [0.15, 0.2) is 65.8 Å². The van der Waals surface area contributed by atoms with Crippen molar-refractivity contribution in [1.29, 1.82) is 0 Å². The zero-order chi connectivity index (χ0) is 18.9. The zero-order valence-corrected chi connectivity index (χ0v) is 16.2. The summed E-state index contributed by atoms with van der Waals surface area (Å²) in [6, 6.07) is 19.9. The number of rotatable bonds is 9. The predicted octanol–water partition coefficient (Wildman–Crippen LogP) is 3.58. The van der Waals surface area contributed by atoms with Crippen molar-refractivity contribution in [2.24, 2.45) is 0 Å². The maximum Gasteiger partial charge on any atom is 0.222 e. The number of hydrogen-bond acceptors (Lipinski definition) is 5. The van der Waals surface area contributed by atoms with Crippen LogP contribution in [0, 0.1) is 0 Å². The van der Waals surface area contributed by atoms with E-state index in [2.05, 4.69) is 27.7 Å². The summed E-state index contributed by atoms with van der Waals surface area (Å²) in [5.41, 5.74) is 2.09. The van der Waals surface area contributed by atoms with Gasteiger partial charge in [0, 0.05) is 25.3 Å². The molecule has 0 aliphatic heterocycles. The molecule has 0 N–H and O–H groups in total. The maximum absolute atomic E-state index is 12.5. The maximum atomic E-state index is 12.5. The summed E-state index contributed by atoms with van der Waals surface area (Å²) < 4.78 is 1.72. The summed E-state index contributed by atoms with van der Waals surface area (Å²) in [6.07, 6.45) is 1.32. The van der Waals surface area contributed by atoms with E-state index in [9.17, 15) is 4.79 Å². The van der Waals surface area contributed by atoms with Crippen molar-refractivity contribution >= 4 is 17.7 Å². The molecule has 0 radical (unpaired) electrons. The van der Waals surface area contributed by atoms with Crippen LogP contribution in [0.5, 0.6) is 0 Å². The summed E-state index contributed by atoms with van der Waals surface area (Å²) in [4.78, 5) is 14.4. The molecule has 3 aromatic rings. The highest BCUT2D eigenvalue weighted by Crippen LogP contribution is 2.19. The standard InChI is InChI=1S/C20H23N5OS/c1-2-24(16-17-10-5-3-6-11-17)19(26)14-9-15-27-20-21-22-23-25(20)18-12-7-4-8-13-18/h3-8,10-13H,2,9,14-16H2,1H3. The van der Waals surface area contributed by atoms with Crippen LogP contribution in [0.1, 0.15) is 25.3 Å². The molecular formula is C20H23N5OS. The van der Waals surface area contributed by atoms with Gasteiger partial charge >= 0.3 is 0 Å². The van der Waals surface area contributed by atoms with Crippen molar-refractivity contribution in [3.63, 3.8) is 0 Å². The fourth-order valence-electron chi connectivity index (χ4n) is 2.73. The van der Waals surface area contributed by atoms with Crippen LogP contribution < -0.4 is 0 Å². The second-order valence-corrected chi connectivity index (χ2v) is 7.12. The van der Waals surface area contributed by atoms with E-state index in [1.54, 1.807) is 16.4 Å².